The highest BCUT2D eigenvalue weighted by Crippen LogP contribution is 2.35. The van der Waals surface area contributed by atoms with Crippen LogP contribution in [0.1, 0.15) is 23.8 Å². The summed E-state index contributed by atoms with van der Waals surface area (Å²) in [5, 5.41) is 1.13. The zero-order chi connectivity index (χ0) is 17.6. The summed E-state index contributed by atoms with van der Waals surface area (Å²) in [5.41, 5.74) is 1.21. The van der Waals surface area contributed by atoms with Crippen LogP contribution in [-0.4, -0.2) is 51.9 Å². The lowest BCUT2D eigenvalue weighted by molar-refractivity contribution is -0.134. The molecule has 2 aromatic rings. The van der Waals surface area contributed by atoms with E-state index in [4.69, 9.17) is 9.72 Å². The molecule has 1 aliphatic carbocycles. The van der Waals surface area contributed by atoms with E-state index < -0.39 is 0 Å². The van der Waals surface area contributed by atoms with Crippen molar-refractivity contribution in [2.45, 2.75) is 36.6 Å². The van der Waals surface area contributed by atoms with Gasteiger partial charge in [-0.15, -0.1) is 11.3 Å². The molecule has 1 aliphatic heterocycles. The Balaban J connectivity index is 1.62. The molecule has 6 nitrogen and oxygen atoms in total. The van der Waals surface area contributed by atoms with Crippen molar-refractivity contribution >= 4 is 39.2 Å². The Morgan fingerprint density at radius 2 is 2.08 bits per heavy atom. The highest BCUT2D eigenvalue weighted by molar-refractivity contribution is 8.00. The quantitative estimate of drug-likeness (QED) is 0.601. The lowest BCUT2D eigenvalue weighted by Crippen LogP contribution is -2.44. The standard InChI is InChI=1S/C17H21N3O3S2/c1-10(15(21)20-6-8-23-9-7-20)24-17-18-14-13(16(22)19(17)2)11-4-3-5-12(11)25-14/h10H,3-9H2,1-2H3. The van der Waals surface area contributed by atoms with Gasteiger partial charge in [-0.2, -0.15) is 0 Å². The zero-order valence-electron chi connectivity index (χ0n) is 14.4. The summed E-state index contributed by atoms with van der Waals surface area (Å²) in [5.74, 6) is 0.0799. The Labute approximate surface area is 154 Å². The minimum atomic E-state index is -0.277. The first-order chi connectivity index (χ1) is 12.1. The highest BCUT2D eigenvalue weighted by atomic mass is 32.2. The third-order valence-corrected chi connectivity index (χ3v) is 7.17. The lowest BCUT2D eigenvalue weighted by Gasteiger charge is -2.29. The molecule has 1 unspecified atom stereocenters. The van der Waals surface area contributed by atoms with Crippen LogP contribution in [0.5, 0.6) is 0 Å². The van der Waals surface area contributed by atoms with Crippen LogP contribution in [0.15, 0.2) is 9.95 Å². The van der Waals surface area contributed by atoms with Crippen molar-refractivity contribution in [2.24, 2.45) is 7.05 Å². The van der Waals surface area contributed by atoms with E-state index in [1.54, 1.807) is 23.0 Å². The van der Waals surface area contributed by atoms with E-state index in [0.717, 1.165) is 29.5 Å². The number of hydrogen-bond donors (Lipinski definition) is 0. The maximum absolute atomic E-state index is 12.8. The van der Waals surface area contributed by atoms with Crippen molar-refractivity contribution in [3.8, 4) is 0 Å². The molecule has 0 N–H and O–H groups in total. The van der Waals surface area contributed by atoms with Crippen molar-refractivity contribution in [2.75, 3.05) is 26.3 Å². The van der Waals surface area contributed by atoms with Gasteiger partial charge in [0.25, 0.3) is 5.56 Å². The fourth-order valence-corrected chi connectivity index (χ4v) is 5.72. The zero-order valence-corrected chi connectivity index (χ0v) is 16.0. The smallest absolute Gasteiger partial charge is 0.262 e. The van der Waals surface area contributed by atoms with Gasteiger partial charge in [-0.3, -0.25) is 14.2 Å². The molecular weight excluding hydrogens is 358 g/mol. The number of rotatable bonds is 3. The topological polar surface area (TPSA) is 64.4 Å². The number of hydrogen-bond acceptors (Lipinski definition) is 6. The minimum Gasteiger partial charge on any atom is -0.378 e. The van der Waals surface area contributed by atoms with Crippen LogP contribution in [0.3, 0.4) is 0 Å². The van der Waals surface area contributed by atoms with E-state index in [1.807, 2.05) is 11.8 Å². The molecule has 0 saturated carbocycles. The maximum atomic E-state index is 12.8. The Morgan fingerprint density at radius 1 is 1.32 bits per heavy atom. The van der Waals surface area contributed by atoms with Crippen molar-refractivity contribution < 1.29 is 9.53 Å². The van der Waals surface area contributed by atoms with Crippen LogP contribution in [0, 0.1) is 0 Å². The molecule has 1 fully saturated rings. The van der Waals surface area contributed by atoms with Gasteiger partial charge in [-0.05, 0) is 31.7 Å². The fourth-order valence-electron chi connectivity index (χ4n) is 3.46. The largest absolute Gasteiger partial charge is 0.378 e. The van der Waals surface area contributed by atoms with Crippen molar-refractivity contribution in [1.82, 2.24) is 14.5 Å². The number of amides is 1. The molecule has 1 atom stereocenters. The number of thiophene rings is 1. The predicted octanol–water partition coefficient (Wildman–Crippen LogP) is 1.82. The molecule has 2 aromatic heterocycles. The molecule has 3 heterocycles. The maximum Gasteiger partial charge on any atom is 0.262 e. The van der Waals surface area contributed by atoms with E-state index in [9.17, 15) is 9.59 Å². The Morgan fingerprint density at radius 3 is 2.84 bits per heavy atom. The monoisotopic (exact) mass is 379 g/mol. The number of carbonyl (C=O) groups is 1. The summed E-state index contributed by atoms with van der Waals surface area (Å²) in [4.78, 5) is 34.1. The SMILES string of the molecule is CC(Sc1nc2sc3c(c2c(=O)n1C)CCC3)C(=O)N1CCOCC1. The van der Waals surface area contributed by atoms with Gasteiger partial charge >= 0.3 is 0 Å². The van der Waals surface area contributed by atoms with Gasteiger partial charge in [0.1, 0.15) is 4.83 Å². The molecule has 2 aliphatic rings. The first-order valence-electron chi connectivity index (χ1n) is 8.60. The average Bonchev–Trinajstić information content (AvgIpc) is 3.20. The Hall–Kier alpha value is -1.38. The van der Waals surface area contributed by atoms with E-state index in [2.05, 4.69) is 0 Å². The first kappa shape index (κ1) is 17.1. The van der Waals surface area contributed by atoms with Gasteiger partial charge in [-0.1, -0.05) is 11.8 Å². The molecule has 0 radical (unpaired) electrons. The van der Waals surface area contributed by atoms with Gasteiger partial charge < -0.3 is 9.64 Å². The van der Waals surface area contributed by atoms with Crippen LogP contribution in [0.25, 0.3) is 10.2 Å². The average molecular weight is 380 g/mol. The number of fused-ring (bicyclic) bond motifs is 3. The number of morpholine rings is 1. The molecule has 134 valence electrons. The van der Waals surface area contributed by atoms with Gasteiger partial charge in [0, 0.05) is 25.0 Å². The van der Waals surface area contributed by atoms with Gasteiger partial charge in [0.05, 0.1) is 23.8 Å². The molecule has 1 saturated heterocycles. The predicted molar refractivity (Wildman–Crippen MR) is 99.6 cm³/mol. The molecule has 0 spiro atoms. The van der Waals surface area contributed by atoms with Crippen LogP contribution in [0.2, 0.25) is 0 Å². The number of aryl methyl sites for hydroxylation is 2. The van der Waals surface area contributed by atoms with Gasteiger partial charge in [-0.25, -0.2) is 4.98 Å². The molecule has 25 heavy (non-hydrogen) atoms. The number of nitrogens with zero attached hydrogens (tertiary/aromatic N) is 3. The Bertz CT molecular complexity index is 883. The van der Waals surface area contributed by atoms with Crippen LogP contribution < -0.4 is 5.56 Å². The van der Waals surface area contributed by atoms with Crippen molar-refractivity contribution in [1.29, 1.82) is 0 Å². The number of ether oxygens (including phenoxy) is 1. The molecular formula is C17H21N3O3S2. The summed E-state index contributed by atoms with van der Waals surface area (Å²) >= 11 is 3.01. The second-order valence-electron chi connectivity index (χ2n) is 6.49. The summed E-state index contributed by atoms with van der Waals surface area (Å²) in [6.07, 6.45) is 3.15. The van der Waals surface area contributed by atoms with Crippen molar-refractivity contribution in [3.05, 3.63) is 20.8 Å². The molecule has 4 rings (SSSR count). The van der Waals surface area contributed by atoms with E-state index in [0.29, 0.717) is 31.5 Å². The van der Waals surface area contributed by atoms with Gasteiger partial charge in [0.2, 0.25) is 5.91 Å². The van der Waals surface area contributed by atoms with Crippen LogP contribution >= 0.6 is 23.1 Å². The van der Waals surface area contributed by atoms with Crippen molar-refractivity contribution in [3.63, 3.8) is 0 Å². The summed E-state index contributed by atoms with van der Waals surface area (Å²) < 4.78 is 6.90. The van der Waals surface area contributed by atoms with Gasteiger partial charge in [0.15, 0.2) is 5.16 Å². The van der Waals surface area contributed by atoms with Crippen LogP contribution in [0.4, 0.5) is 0 Å². The normalized spacial score (nSPS) is 18.6. The lowest BCUT2D eigenvalue weighted by atomic mass is 10.2. The molecule has 0 aromatic carbocycles. The van der Waals surface area contributed by atoms with Crippen LogP contribution in [-0.2, 0) is 29.4 Å². The summed E-state index contributed by atoms with van der Waals surface area (Å²) in [6.45, 7) is 4.33. The van der Waals surface area contributed by atoms with E-state index in [1.165, 1.54) is 22.2 Å². The van der Waals surface area contributed by atoms with E-state index >= 15 is 0 Å². The summed E-state index contributed by atoms with van der Waals surface area (Å²) in [6, 6.07) is 0. The first-order valence-corrected chi connectivity index (χ1v) is 10.3. The minimum absolute atomic E-state index is 0.0120. The molecule has 1 amide bonds. The third-order valence-electron chi connectivity index (χ3n) is 4.86. The fraction of sp³-hybridized carbons (Fsp3) is 0.588. The second-order valence-corrected chi connectivity index (χ2v) is 8.89. The Kier molecular flexibility index (Phi) is 4.59. The number of carbonyl (C=O) groups excluding carboxylic acids is 1. The molecule has 8 heteroatoms. The molecule has 0 bridgehead atoms. The number of thioether (sulfide) groups is 1. The highest BCUT2D eigenvalue weighted by Gasteiger charge is 2.26. The third kappa shape index (κ3) is 3.00. The number of aromatic nitrogens is 2. The van der Waals surface area contributed by atoms with E-state index in [-0.39, 0.29) is 16.7 Å². The summed E-state index contributed by atoms with van der Waals surface area (Å²) in [7, 11) is 1.75. The second kappa shape index (κ2) is 6.74.